The normalized spacial score (nSPS) is 12.2. The molecule has 15 rings (SSSR count). The molecule has 0 heteroatoms. The Labute approximate surface area is 382 Å². The molecule has 0 nitrogen and oxygen atoms in total. The first-order chi connectivity index (χ1) is 32.8. The van der Waals surface area contributed by atoms with Gasteiger partial charge in [0.15, 0.2) is 0 Å². The first-order valence-electron chi connectivity index (χ1n) is 23.1. The van der Waals surface area contributed by atoms with Crippen molar-refractivity contribution in [3.63, 3.8) is 0 Å². The fraction of sp³-hybridized carbons (Fsp3) is 0. The maximum atomic E-state index is 2.47. The zero-order chi connectivity index (χ0) is 43.0. The lowest BCUT2D eigenvalue weighted by molar-refractivity contribution is 1.62. The second-order valence-electron chi connectivity index (χ2n) is 18.1. The second kappa shape index (κ2) is 13.5. The summed E-state index contributed by atoms with van der Waals surface area (Å²) in [4.78, 5) is 0. The Bertz CT molecular complexity index is 3990. The third-order valence-corrected chi connectivity index (χ3v) is 14.9. The maximum Gasteiger partial charge on any atom is -0.000718 e. The molecule has 0 heterocycles. The van der Waals surface area contributed by atoms with Crippen LogP contribution in [-0.4, -0.2) is 0 Å². The standard InChI is InChI=1S/C66H38/c1-5-23-43-39(15-1)19-11-29-47(43)53-33-34-54(48-30-12-20-40-16-2-6-24-44(40)48)62-56-36-38-58-64-57(37-35-55(61(53)62)63(56)64)65-59(49-31-13-21-41-17-3-7-25-45(41)49)51-27-9-10-28-52(51)60(66(58)65)50-32-14-22-42-18-4-8-26-46(42)50/h1-38H. The van der Waals surface area contributed by atoms with E-state index < -0.39 is 0 Å². The lowest BCUT2D eigenvalue weighted by Crippen LogP contribution is -1.95. The molecule has 0 atom stereocenters. The lowest BCUT2D eigenvalue weighted by atomic mass is 9.80. The Morgan fingerprint density at radius 3 is 0.758 bits per heavy atom. The third kappa shape index (κ3) is 4.77. The molecule has 0 saturated carbocycles. The van der Waals surface area contributed by atoms with E-state index in [1.807, 2.05) is 0 Å². The van der Waals surface area contributed by atoms with Gasteiger partial charge >= 0.3 is 0 Å². The summed E-state index contributed by atoms with van der Waals surface area (Å²) in [5.74, 6) is 0. The van der Waals surface area contributed by atoms with Crippen molar-refractivity contribution in [2.75, 3.05) is 0 Å². The van der Waals surface area contributed by atoms with Crippen molar-refractivity contribution in [3.05, 3.63) is 231 Å². The van der Waals surface area contributed by atoms with Crippen molar-refractivity contribution >= 4 is 64.6 Å². The van der Waals surface area contributed by atoms with Gasteiger partial charge in [-0.3, -0.25) is 0 Å². The van der Waals surface area contributed by atoms with Crippen molar-refractivity contribution in [2.24, 2.45) is 0 Å². The Balaban J connectivity index is 1.11. The molecule has 0 aromatic heterocycles. The summed E-state index contributed by atoms with van der Waals surface area (Å²) in [7, 11) is 0. The van der Waals surface area contributed by atoms with Crippen LogP contribution in [0.4, 0.5) is 0 Å². The van der Waals surface area contributed by atoms with E-state index >= 15 is 0 Å². The number of rotatable bonds is 4. The van der Waals surface area contributed by atoms with Crippen molar-refractivity contribution in [3.8, 4) is 89.0 Å². The summed E-state index contributed by atoms with van der Waals surface area (Å²) < 4.78 is 0. The summed E-state index contributed by atoms with van der Waals surface area (Å²) >= 11 is 0. The van der Waals surface area contributed by atoms with Gasteiger partial charge in [-0.2, -0.15) is 0 Å². The largest absolute Gasteiger partial charge is 0.0616 e. The van der Waals surface area contributed by atoms with Crippen molar-refractivity contribution in [2.45, 2.75) is 0 Å². The Kier molecular flexibility index (Phi) is 7.31. The molecule has 0 unspecified atom stereocenters. The summed E-state index contributed by atoms with van der Waals surface area (Å²) in [6, 6.07) is 86.6. The van der Waals surface area contributed by atoms with Crippen LogP contribution < -0.4 is 0 Å². The molecule has 0 saturated heterocycles. The number of fused-ring (bicyclic) bond motifs is 11. The van der Waals surface area contributed by atoms with E-state index in [4.69, 9.17) is 0 Å². The molecular formula is C66H38. The summed E-state index contributed by atoms with van der Waals surface area (Å²) in [5.41, 5.74) is 20.7. The van der Waals surface area contributed by atoms with E-state index in [9.17, 15) is 0 Å². The summed E-state index contributed by atoms with van der Waals surface area (Å²) in [5, 5.41) is 15.3. The molecule has 2 aliphatic carbocycles. The molecule has 0 aliphatic heterocycles. The van der Waals surface area contributed by atoms with Crippen LogP contribution in [0.1, 0.15) is 0 Å². The van der Waals surface area contributed by atoms with E-state index in [0.29, 0.717) is 0 Å². The van der Waals surface area contributed by atoms with Gasteiger partial charge in [0.1, 0.15) is 0 Å². The second-order valence-corrected chi connectivity index (χ2v) is 18.1. The fourth-order valence-corrected chi connectivity index (χ4v) is 12.3. The summed E-state index contributed by atoms with van der Waals surface area (Å²) in [6.45, 7) is 0. The van der Waals surface area contributed by atoms with Gasteiger partial charge < -0.3 is 0 Å². The fourth-order valence-electron chi connectivity index (χ4n) is 12.3. The van der Waals surface area contributed by atoms with Gasteiger partial charge in [0.2, 0.25) is 0 Å². The Morgan fingerprint density at radius 1 is 0.136 bits per heavy atom. The van der Waals surface area contributed by atoms with Gasteiger partial charge in [-0.1, -0.05) is 231 Å². The first kappa shape index (κ1) is 35.8. The molecule has 0 bridgehead atoms. The highest BCUT2D eigenvalue weighted by atomic mass is 14.4. The summed E-state index contributed by atoms with van der Waals surface area (Å²) in [6.07, 6.45) is 0. The number of benzene rings is 13. The SMILES string of the molecule is c1ccc2c(-c3ccc(-c4cccc5ccccc45)c4c3-c3ccc5c6c(ccc-4c36)-c3c-5c(-c4cccc5ccccc45)c4ccccc4c3-c3cccc4ccccc34)cccc2c1. The number of hydrogen-bond donors (Lipinski definition) is 0. The third-order valence-electron chi connectivity index (χ3n) is 14.9. The minimum atomic E-state index is 1.25. The predicted molar refractivity (Wildman–Crippen MR) is 282 cm³/mol. The minimum absolute atomic E-state index is 1.25. The van der Waals surface area contributed by atoms with Gasteiger partial charge in [0.25, 0.3) is 0 Å². The topological polar surface area (TPSA) is 0 Å². The van der Waals surface area contributed by atoms with E-state index in [-0.39, 0.29) is 0 Å². The van der Waals surface area contributed by atoms with Gasteiger partial charge in [-0.15, -0.1) is 0 Å². The molecule has 2 aliphatic rings. The number of hydrogen-bond acceptors (Lipinski definition) is 0. The van der Waals surface area contributed by atoms with Crippen LogP contribution in [0.3, 0.4) is 0 Å². The van der Waals surface area contributed by atoms with Crippen LogP contribution in [0.15, 0.2) is 231 Å². The zero-order valence-electron chi connectivity index (χ0n) is 35.9. The maximum absolute atomic E-state index is 2.47. The molecule has 0 amide bonds. The van der Waals surface area contributed by atoms with E-state index in [2.05, 4.69) is 231 Å². The monoisotopic (exact) mass is 830 g/mol. The van der Waals surface area contributed by atoms with Crippen LogP contribution in [0, 0.1) is 0 Å². The van der Waals surface area contributed by atoms with Crippen LogP contribution in [0.5, 0.6) is 0 Å². The molecule has 13 aromatic carbocycles. The van der Waals surface area contributed by atoms with E-state index in [0.717, 1.165) is 0 Å². The van der Waals surface area contributed by atoms with Gasteiger partial charge in [-0.25, -0.2) is 0 Å². The molecule has 0 radical (unpaired) electrons. The zero-order valence-corrected chi connectivity index (χ0v) is 35.9. The van der Waals surface area contributed by atoms with E-state index in [1.165, 1.54) is 154 Å². The van der Waals surface area contributed by atoms with Crippen LogP contribution in [0.25, 0.3) is 154 Å². The molecule has 66 heavy (non-hydrogen) atoms. The quantitative estimate of drug-likeness (QED) is 0.166. The van der Waals surface area contributed by atoms with Crippen LogP contribution in [-0.2, 0) is 0 Å². The van der Waals surface area contributed by atoms with Gasteiger partial charge in [-0.05, 0) is 154 Å². The van der Waals surface area contributed by atoms with Gasteiger partial charge in [0.05, 0.1) is 0 Å². The minimum Gasteiger partial charge on any atom is -0.0616 e. The Hall–Kier alpha value is -8.58. The predicted octanol–water partition coefficient (Wildman–Crippen LogP) is 18.6. The highest BCUT2D eigenvalue weighted by Crippen LogP contribution is 2.64. The van der Waals surface area contributed by atoms with Crippen molar-refractivity contribution in [1.29, 1.82) is 0 Å². The smallest absolute Gasteiger partial charge is 0.000718 e. The first-order valence-corrected chi connectivity index (χ1v) is 23.1. The molecule has 0 fully saturated rings. The van der Waals surface area contributed by atoms with Crippen LogP contribution in [0.2, 0.25) is 0 Å². The molecule has 0 spiro atoms. The van der Waals surface area contributed by atoms with Gasteiger partial charge in [0, 0.05) is 0 Å². The molecule has 302 valence electrons. The highest BCUT2D eigenvalue weighted by Gasteiger charge is 2.36. The molecular weight excluding hydrogens is 793 g/mol. The average molecular weight is 831 g/mol. The Morgan fingerprint density at radius 2 is 0.394 bits per heavy atom. The lowest BCUT2D eigenvalue weighted by Gasteiger charge is -2.22. The molecule has 0 N–H and O–H groups in total. The van der Waals surface area contributed by atoms with E-state index in [1.54, 1.807) is 0 Å². The molecule has 13 aromatic rings. The highest BCUT2D eigenvalue weighted by molar-refractivity contribution is 6.35. The van der Waals surface area contributed by atoms with Crippen LogP contribution >= 0.6 is 0 Å². The van der Waals surface area contributed by atoms with Crippen molar-refractivity contribution < 1.29 is 0 Å². The average Bonchev–Trinajstić information content (AvgIpc) is 3.90. The van der Waals surface area contributed by atoms with Crippen molar-refractivity contribution in [1.82, 2.24) is 0 Å².